The molecule has 0 spiro atoms. The number of hydrogen-bond donors (Lipinski definition) is 1. The number of fused-ring (bicyclic) bond motifs is 1. The summed E-state index contributed by atoms with van der Waals surface area (Å²) in [5, 5.41) is 0.517. The predicted molar refractivity (Wildman–Crippen MR) is 68.7 cm³/mol. The second-order valence-electron chi connectivity index (χ2n) is 4.00. The molecule has 0 bridgehead atoms. The van der Waals surface area contributed by atoms with Gasteiger partial charge in [0, 0.05) is 7.05 Å². The number of rotatable bonds is 3. The van der Waals surface area contributed by atoms with Gasteiger partial charge in [-0.1, -0.05) is 12.1 Å². The zero-order chi connectivity index (χ0) is 13.3. The van der Waals surface area contributed by atoms with Crippen LogP contribution >= 0.6 is 0 Å². The van der Waals surface area contributed by atoms with Crippen molar-refractivity contribution >= 4 is 20.9 Å². The van der Waals surface area contributed by atoms with Crippen molar-refractivity contribution in [2.75, 3.05) is 6.26 Å². The quantitative estimate of drug-likeness (QED) is 0.847. The second-order valence-corrected chi connectivity index (χ2v) is 5.84. The molecule has 2 aromatic rings. The maximum atomic E-state index is 12.0. The number of nitrogens with zero attached hydrogens (tertiary/aromatic N) is 2. The van der Waals surface area contributed by atoms with Crippen LogP contribution in [0.5, 0.6) is 0 Å². The van der Waals surface area contributed by atoms with E-state index in [-0.39, 0.29) is 12.1 Å². The van der Waals surface area contributed by atoms with Gasteiger partial charge >= 0.3 is 0 Å². The van der Waals surface area contributed by atoms with Crippen molar-refractivity contribution in [1.29, 1.82) is 0 Å². The van der Waals surface area contributed by atoms with Crippen molar-refractivity contribution in [3.8, 4) is 0 Å². The van der Waals surface area contributed by atoms with Gasteiger partial charge in [0.15, 0.2) is 0 Å². The van der Waals surface area contributed by atoms with Crippen LogP contribution in [-0.2, 0) is 23.6 Å². The van der Waals surface area contributed by atoms with Gasteiger partial charge in [-0.2, -0.15) is 0 Å². The summed E-state index contributed by atoms with van der Waals surface area (Å²) in [6, 6.07) is 6.96. The van der Waals surface area contributed by atoms with Gasteiger partial charge in [-0.05, 0) is 12.1 Å². The van der Waals surface area contributed by atoms with Gasteiger partial charge in [-0.25, -0.2) is 18.1 Å². The molecule has 0 radical (unpaired) electrons. The lowest BCUT2D eigenvalue weighted by atomic mass is 10.2. The minimum Gasteiger partial charge on any atom is -0.298 e. The number of benzene rings is 1. The maximum absolute atomic E-state index is 12.0. The molecule has 7 heteroatoms. The van der Waals surface area contributed by atoms with E-state index in [0.29, 0.717) is 16.7 Å². The molecule has 0 saturated heterocycles. The normalized spacial score (nSPS) is 11.9. The summed E-state index contributed by atoms with van der Waals surface area (Å²) in [5.41, 5.74) is 0.372. The van der Waals surface area contributed by atoms with E-state index in [1.165, 1.54) is 4.57 Å². The first kappa shape index (κ1) is 12.7. The highest BCUT2D eigenvalue weighted by atomic mass is 32.2. The summed E-state index contributed by atoms with van der Waals surface area (Å²) in [7, 11) is -1.74. The van der Waals surface area contributed by atoms with Crippen molar-refractivity contribution in [2.45, 2.75) is 6.54 Å². The molecular formula is C11H13N3O3S. The monoisotopic (exact) mass is 267 g/mol. The Morgan fingerprint density at radius 1 is 1.33 bits per heavy atom. The van der Waals surface area contributed by atoms with Crippen molar-refractivity contribution in [3.05, 3.63) is 40.4 Å². The van der Waals surface area contributed by atoms with Crippen molar-refractivity contribution in [1.82, 2.24) is 14.3 Å². The molecule has 0 fully saturated rings. The van der Waals surface area contributed by atoms with Gasteiger partial charge < -0.3 is 0 Å². The highest BCUT2D eigenvalue weighted by molar-refractivity contribution is 7.88. The molecule has 0 unspecified atom stereocenters. The largest absolute Gasteiger partial charge is 0.298 e. The maximum Gasteiger partial charge on any atom is 0.261 e. The van der Waals surface area contributed by atoms with Gasteiger partial charge in [0.05, 0.1) is 23.7 Å². The topological polar surface area (TPSA) is 81.1 Å². The summed E-state index contributed by atoms with van der Waals surface area (Å²) in [4.78, 5) is 16.3. The minimum atomic E-state index is -3.31. The number of sulfonamides is 1. The smallest absolute Gasteiger partial charge is 0.261 e. The van der Waals surface area contributed by atoms with E-state index in [0.717, 1.165) is 6.26 Å². The molecule has 18 heavy (non-hydrogen) atoms. The molecule has 1 aromatic carbocycles. The molecule has 0 atom stereocenters. The van der Waals surface area contributed by atoms with E-state index < -0.39 is 10.0 Å². The Bertz CT molecular complexity index is 750. The number of nitrogens with one attached hydrogen (secondary N) is 1. The molecule has 96 valence electrons. The minimum absolute atomic E-state index is 0.00456. The molecule has 0 aliphatic rings. The van der Waals surface area contributed by atoms with Crippen LogP contribution < -0.4 is 10.3 Å². The average Bonchev–Trinajstić information content (AvgIpc) is 2.31. The van der Waals surface area contributed by atoms with Crippen LogP contribution in [0.1, 0.15) is 5.82 Å². The van der Waals surface area contributed by atoms with E-state index in [4.69, 9.17) is 0 Å². The van der Waals surface area contributed by atoms with Crippen LogP contribution in [0.25, 0.3) is 10.9 Å². The molecule has 0 aliphatic heterocycles. The van der Waals surface area contributed by atoms with E-state index in [2.05, 4.69) is 9.71 Å². The van der Waals surface area contributed by atoms with Crippen LogP contribution in [-0.4, -0.2) is 24.2 Å². The van der Waals surface area contributed by atoms with E-state index >= 15 is 0 Å². The Morgan fingerprint density at radius 2 is 2.00 bits per heavy atom. The Morgan fingerprint density at radius 3 is 2.67 bits per heavy atom. The Labute approximate surface area is 104 Å². The average molecular weight is 267 g/mol. The second kappa shape index (κ2) is 4.51. The lowest BCUT2D eigenvalue weighted by molar-refractivity contribution is 0.582. The summed E-state index contributed by atoms with van der Waals surface area (Å²) in [6.07, 6.45) is 1.06. The van der Waals surface area contributed by atoms with Gasteiger partial charge in [0.25, 0.3) is 5.56 Å². The van der Waals surface area contributed by atoms with Crippen molar-refractivity contribution < 1.29 is 8.42 Å². The zero-order valence-corrected chi connectivity index (χ0v) is 10.9. The summed E-state index contributed by atoms with van der Waals surface area (Å²) in [6.45, 7) is -0.00456. The Hall–Kier alpha value is -1.73. The molecule has 1 heterocycles. The molecule has 0 amide bonds. The third-order valence-electron chi connectivity index (χ3n) is 2.57. The van der Waals surface area contributed by atoms with Crippen molar-refractivity contribution in [3.63, 3.8) is 0 Å². The molecule has 2 rings (SSSR count). The first-order valence-corrected chi connectivity index (χ1v) is 7.17. The fraction of sp³-hybridized carbons (Fsp3) is 0.273. The fourth-order valence-electron chi connectivity index (χ4n) is 1.62. The highest BCUT2D eigenvalue weighted by Gasteiger charge is 2.09. The van der Waals surface area contributed by atoms with E-state index in [1.807, 2.05) is 0 Å². The summed E-state index contributed by atoms with van der Waals surface area (Å²) < 4.78 is 25.7. The SMILES string of the molecule is Cn1c(CNS(C)(=O)=O)nc2ccccc2c1=O. The molecule has 1 N–H and O–H groups in total. The third kappa shape index (κ3) is 2.57. The first-order chi connectivity index (χ1) is 8.38. The standard InChI is InChI=1S/C11H13N3O3S/c1-14-10(7-12-18(2,16)17)13-9-6-4-3-5-8(9)11(14)15/h3-6,12H,7H2,1-2H3. The number of para-hydroxylation sites is 1. The molecule has 1 aromatic heterocycles. The number of aromatic nitrogens is 2. The van der Waals surface area contributed by atoms with Gasteiger partial charge in [0.1, 0.15) is 5.82 Å². The fourth-order valence-corrected chi connectivity index (χ4v) is 2.01. The van der Waals surface area contributed by atoms with Crippen molar-refractivity contribution in [2.24, 2.45) is 7.05 Å². The molecule has 0 saturated carbocycles. The van der Waals surface area contributed by atoms with Gasteiger partial charge in [-0.15, -0.1) is 0 Å². The van der Waals surface area contributed by atoms with Crippen LogP contribution in [0.2, 0.25) is 0 Å². The first-order valence-electron chi connectivity index (χ1n) is 5.28. The lowest BCUT2D eigenvalue weighted by Gasteiger charge is -2.09. The predicted octanol–water partition coefficient (Wildman–Crippen LogP) is -0.0173. The van der Waals surface area contributed by atoms with Crippen LogP contribution in [0.15, 0.2) is 29.1 Å². The van der Waals surface area contributed by atoms with Gasteiger partial charge in [0.2, 0.25) is 10.0 Å². The van der Waals surface area contributed by atoms with E-state index in [9.17, 15) is 13.2 Å². The Kier molecular flexibility index (Phi) is 3.18. The van der Waals surface area contributed by atoms with Gasteiger partial charge in [-0.3, -0.25) is 9.36 Å². The third-order valence-corrected chi connectivity index (χ3v) is 3.24. The zero-order valence-electron chi connectivity index (χ0n) is 10.0. The Balaban J connectivity index is 2.52. The molecule has 6 nitrogen and oxygen atoms in total. The van der Waals surface area contributed by atoms with E-state index in [1.54, 1.807) is 31.3 Å². The lowest BCUT2D eigenvalue weighted by Crippen LogP contribution is -2.28. The number of hydrogen-bond acceptors (Lipinski definition) is 4. The summed E-state index contributed by atoms with van der Waals surface area (Å²) in [5.74, 6) is 0.379. The summed E-state index contributed by atoms with van der Waals surface area (Å²) >= 11 is 0. The van der Waals surface area contributed by atoms with Crippen LogP contribution in [0.4, 0.5) is 0 Å². The highest BCUT2D eigenvalue weighted by Crippen LogP contribution is 2.06. The van der Waals surface area contributed by atoms with Crippen LogP contribution in [0, 0.1) is 0 Å². The van der Waals surface area contributed by atoms with Crippen LogP contribution in [0.3, 0.4) is 0 Å². The molecular weight excluding hydrogens is 254 g/mol. The molecule has 0 aliphatic carbocycles.